The number of para-hydroxylation sites is 1. The van der Waals surface area contributed by atoms with Gasteiger partial charge in [0.1, 0.15) is 5.04 Å². The van der Waals surface area contributed by atoms with Crippen molar-refractivity contribution < 1.29 is 4.79 Å². The second kappa shape index (κ2) is 9.63. The lowest BCUT2D eigenvalue weighted by Crippen LogP contribution is -2.46. The Morgan fingerprint density at radius 2 is 1.45 bits per heavy atom. The van der Waals surface area contributed by atoms with Crippen LogP contribution in [-0.4, -0.2) is 40.4 Å². The highest BCUT2D eigenvalue weighted by molar-refractivity contribution is 8.15. The Hall–Kier alpha value is -3.38. The van der Waals surface area contributed by atoms with Gasteiger partial charge in [-0.05, 0) is 17.7 Å². The molecule has 0 saturated carbocycles. The van der Waals surface area contributed by atoms with Crippen LogP contribution in [0.4, 0.5) is 10.5 Å². The van der Waals surface area contributed by atoms with Gasteiger partial charge in [-0.25, -0.2) is 9.79 Å². The van der Waals surface area contributed by atoms with Gasteiger partial charge < -0.3 is 10.2 Å². The van der Waals surface area contributed by atoms with E-state index in [9.17, 15) is 4.79 Å². The number of nitrogens with zero attached hydrogens (tertiary/aromatic N) is 3. The molecule has 0 bridgehead atoms. The summed E-state index contributed by atoms with van der Waals surface area (Å²) in [6.07, 6.45) is 1.45. The predicted octanol–water partition coefficient (Wildman–Crippen LogP) is 5.85. The van der Waals surface area contributed by atoms with Gasteiger partial charge in [-0.2, -0.15) is 0 Å². The van der Waals surface area contributed by atoms with E-state index in [1.54, 1.807) is 11.8 Å². The molecule has 3 aromatic carbocycles. The van der Waals surface area contributed by atoms with Crippen LogP contribution in [0.3, 0.4) is 0 Å². The molecule has 0 aromatic heterocycles. The number of urea groups is 1. The number of hydrogen-bond donors (Lipinski definition) is 1. The number of rotatable bonds is 4. The zero-order chi connectivity index (χ0) is 22.5. The molecule has 166 valence electrons. The highest BCUT2D eigenvalue weighted by Gasteiger charge is 2.40. The molecule has 2 aliphatic rings. The Morgan fingerprint density at radius 1 is 0.848 bits per heavy atom. The molecule has 1 N–H and O–H groups in total. The van der Waals surface area contributed by atoms with Gasteiger partial charge in [0.25, 0.3) is 0 Å². The number of thioether (sulfide) groups is 1. The molecule has 5 nitrogen and oxygen atoms in total. The molecular formula is C27H26N4OS. The fourth-order valence-corrected chi connectivity index (χ4v) is 5.18. The van der Waals surface area contributed by atoms with Gasteiger partial charge >= 0.3 is 6.03 Å². The molecule has 1 fully saturated rings. The molecule has 0 unspecified atom stereocenters. The normalized spacial score (nSPS) is 16.9. The van der Waals surface area contributed by atoms with Crippen molar-refractivity contribution in [3.8, 4) is 0 Å². The van der Waals surface area contributed by atoms with Crippen molar-refractivity contribution in [3.63, 3.8) is 0 Å². The maximum atomic E-state index is 12.7. The van der Waals surface area contributed by atoms with Crippen LogP contribution in [0.25, 0.3) is 0 Å². The lowest BCUT2D eigenvalue weighted by atomic mass is 9.99. The highest BCUT2D eigenvalue weighted by Crippen LogP contribution is 2.36. The summed E-state index contributed by atoms with van der Waals surface area (Å²) in [7, 11) is 0. The summed E-state index contributed by atoms with van der Waals surface area (Å²) in [5.74, 6) is 0.854. The van der Waals surface area contributed by atoms with Gasteiger partial charge in [0, 0.05) is 42.9 Å². The number of amides is 2. The first kappa shape index (κ1) is 21.5. The monoisotopic (exact) mass is 454 g/mol. The Bertz CT molecular complexity index is 1150. The minimum atomic E-state index is -0.478. The molecule has 0 atom stereocenters. The van der Waals surface area contributed by atoms with Crippen molar-refractivity contribution in [2.45, 2.75) is 24.3 Å². The number of hydrogen-bond acceptors (Lipinski definition) is 4. The number of carbonyl (C=O) groups is 1. The average molecular weight is 455 g/mol. The van der Waals surface area contributed by atoms with Crippen LogP contribution in [0.1, 0.15) is 24.0 Å². The number of carbonyl (C=O) groups excluding carboxylic acids is 1. The average Bonchev–Trinajstić information content (AvgIpc) is 3.23. The van der Waals surface area contributed by atoms with Crippen LogP contribution in [0.15, 0.2) is 101 Å². The summed E-state index contributed by atoms with van der Waals surface area (Å²) >= 11 is 1.74. The standard InChI is InChI=1S/C27H26N4OS/c32-26(28-23-14-8-3-9-15-23)31-18-16-27(17-19-31)29-24(22-12-6-2-7-13-22)25(30-27)33-20-21-10-4-1-5-11-21/h1-15H,16-20H2,(H,28,32). The molecule has 0 aliphatic carbocycles. The molecule has 2 aliphatic heterocycles. The maximum absolute atomic E-state index is 12.7. The fraction of sp³-hybridized carbons (Fsp3) is 0.222. The number of likely N-dealkylation sites (tertiary alicyclic amines) is 1. The molecule has 0 radical (unpaired) electrons. The van der Waals surface area contributed by atoms with Gasteiger partial charge in [0.15, 0.2) is 5.66 Å². The number of anilines is 1. The molecule has 33 heavy (non-hydrogen) atoms. The highest BCUT2D eigenvalue weighted by atomic mass is 32.2. The van der Waals surface area contributed by atoms with E-state index in [2.05, 4.69) is 41.7 Å². The predicted molar refractivity (Wildman–Crippen MR) is 137 cm³/mol. The second-order valence-electron chi connectivity index (χ2n) is 8.28. The lowest BCUT2D eigenvalue weighted by Gasteiger charge is -2.35. The summed E-state index contributed by atoms with van der Waals surface area (Å²) < 4.78 is 0. The Kier molecular flexibility index (Phi) is 6.26. The van der Waals surface area contributed by atoms with E-state index in [1.165, 1.54) is 5.56 Å². The fourth-order valence-electron chi connectivity index (χ4n) is 4.15. The minimum absolute atomic E-state index is 0.0658. The third kappa shape index (κ3) is 5.01. The van der Waals surface area contributed by atoms with E-state index in [-0.39, 0.29) is 6.03 Å². The van der Waals surface area contributed by atoms with E-state index in [0.717, 1.165) is 40.6 Å². The Balaban J connectivity index is 1.31. The Morgan fingerprint density at radius 3 is 2.12 bits per heavy atom. The van der Waals surface area contributed by atoms with Crippen molar-refractivity contribution in [1.82, 2.24) is 4.90 Å². The number of benzene rings is 3. The van der Waals surface area contributed by atoms with Gasteiger partial charge in [-0.3, -0.25) is 4.99 Å². The molecule has 1 saturated heterocycles. The topological polar surface area (TPSA) is 57.1 Å². The van der Waals surface area contributed by atoms with Gasteiger partial charge in [-0.15, -0.1) is 0 Å². The largest absolute Gasteiger partial charge is 0.324 e. The summed E-state index contributed by atoms with van der Waals surface area (Å²) in [5.41, 5.74) is 3.67. The van der Waals surface area contributed by atoms with Crippen LogP contribution in [0.2, 0.25) is 0 Å². The minimum Gasteiger partial charge on any atom is -0.324 e. The van der Waals surface area contributed by atoms with Crippen LogP contribution < -0.4 is 5.32 Å². The van der Waals surface area contributed by atoms with E-state index in [1.807, 2.05) is 59.5 Å². The van der Waals surface area contributed by atoms with Crippen LogP contribution >= 0.6 is 11.8 Å². The van der Waals surface area contributed by atoms with Crippen LogP contribution in [-0.2, 0) is 5.75 Å². The molecule has 2 heterocycles. The van der Waals surface area contributed by atoms with Crippen LogP contribution in [0.5, 0.6) is 0 Å². The summed E-state index contributed by atoms with van der Waals surface area (Å²) in [6, 6.07) is 30.3. The van der Waals surface area contributed by atoms with Crippen molar-refractivity contribution in [2.24, 2.45) is 9.98 Å². The molecule has 3 aromatic rings. The zero-order valence-corrected chi connectivity index (χ0v) is 19.2. The number of aliphatic imine (C=N–C) groups is 2. The van der Waals surface area contributed by atoms with Crippen molar-refractivity contribution in [1.29, 1.82) is 0 Å². The van der Waals surface area contributed by atoms with Gasteiger partial charge in [0.05, 0.1) is 5.71 Å². The van der Waals surface area contributed by atoms with Gasteiger partial charge in [-0.1, -0.05) is 90.6 Å². The maximum Gasteiger partial charge on any atom is 0.321 e. The smallest absolute Gasteiger partial charge is 0.321 e. The van der Waals surface area contributed by atoms with E-state index >= 15 is 0 Å². The van der Waals surface area contributed by atoms with Crippen molar-refractivity contribution in [2.75, 3.05) is 18.4 Å². The lowest BCUT2D eigenvalue weighted by molar-refractivity contribution is 0.175. The first-order chi connectivity index (χ1) is 16.2. The number of piperidine rings is 1. The first-order valence-electron chi connectivity index (χ1n) is 11.2. The Labute approximate surface area is 198 Å². The second-order valence-corrected chi connectivity index (χ2v) is 9.25. The molecular weight excluding hydrogens is 428 g/mol. The van der Waals surface area contributed by atoms with E-state index < -0.39 is 5.66 Å². The SMILES string of the molecule is O=C(Nc1ccccc1)N1CCC2(CC1)N=C(SCc1ccccc1)C(c1ccccc1)=N2. The zero-order valence-electron chi connectivity index (χ0n) is 18.4. The number of nitrogens with one attached hydrogen (secondary N) is 1. The molecule has 1 spiro atoms. The van der Waals surface area contributed by atoms with Gasteiger partial charge in [0.2, 0.25) is 0 Å². The third-order valence-electron chi connectivity index (χ3n) is 5.97. The summed E-state index contributed by atoms with van der Waals surface area (Å²) in [5, 5.41) is 3.98. The molecule has 6 heteroatoms. The quantitative estimate of drug-likeness (QED) is 0.538. The van der Waals surface area contributed by atoms with Crippen molar-refractivity contribution in [3.05, 3.63) is 102 Å². The summed E-state index contributed by atoms with van der Waals surface area (Å²) in [4.78, 5) is 24.9. The van der Waals surface area contributed by atoms with E-state index in [4.69, 9.17) is 9.98 Å². The van der Waals surface area contributed by atoms with E-state index in [0.29, 0.717) is 13.1 Å². The first-order valence-corrected chi connectivity index (χ1v) is 12.2. The third-order valence-corrected chi connectivity index (χ3v) is 7.01. The molecule has 5 rings (SSSR count). The summed E-state index contributed by atoms with van der Waals surface area (Å²) in [6.45, 7) is 1.26. The molecule has 2 amide bonds. The van der Waals surface area contributed by atoms with Crippen molar-refractivity contribution >= 4 is 34.2 Å². The van der Waals surface area contributed by atoms with Crippen LogP contribution in [0, 0.1) is 0 Å².